The molecule has 18 heavy (non-hydrogen) atoms. The SMILES string of the molecule is N[C@@H]1CCC[C@H]1CC(=O)NCCC1CCCNC1. The van der Waals surface area contributed by atoms with Crippen molar-refractivity contribution in [3.8, 4) is 0 Å². The first-order chi connectivity index (χ1) is 8.75. The second-order valence-corrected chi connectivity index (χ2v) is 5.91. The molecule has 1 saturated carbocycles. The molecule has 4 N–H and O–H groups in total. The van der Waals surface area contributed by atoms with Gasteiger partial charge in [-0.25, -0.2) is 0 Å². The molecule has 0 aromatic rings. The highest BCUT2D eigenvalue weighted by Crippen LogP contribution is 2.26. The van der Waals surface area contributed by atoms with E-state index in [1.807, 2.05) is 0 Å². The van der Waals surface area contributed by atoms with Gasteiger partial charge in [-0.2, -0.15) is 0 Å². The first kappa shape index (κ1) is 13.8. The Kier molecular flexibility index (Phi) is 5.45. The van der Waals surface area contributed by atoms with Crippen LogP contribution in [0.3, 0.4) is 0 Å². The molecule has 1 unspecified atom stereocenters. The Morgan fingerprint density at radius 1 is 1.28 bits per heavy atom. The molecule has 0 spiro atoms. The van der Waals surface area contributed by atoms with Gasteiger partial charge in [0.05, 0.1) is 0 Å². The van der Waals surface area contributed by atoms with Crippen LogP contribution in [0.2, 0.25) is 0 Å². The maximum Gasteiger partial charge on any atom is 0.220 e. The zero-order valence-corrected chi connectivity index (χ0v) is 11.3. The lowest BCUT2D eigenvalue weighted by molar-refractivity contribution is -0.122. The predicted octanol–water partition coefficient (Wildman–Crippen LogP) is 1.01. The Morgan fingerprint density at radius 3 is 2.83 bits per heavy atom. The monoisotopic (exact) mass is 253 g/mol. The molecule has 4 heteroatoms. The molecule has 1 heterocycles. The van der Waals surface area contributed by atoms with E-state index in [9.17, 15) is 4.79 Å². The van der Waals surface area contributed by atoms with Gasteiger partial charge in [0.1, 0.15) is 0 Å². The molecular formula is C14H27N3O. The summed E-state index contributed by atoms with van der Waals surface area (Å²) in [6.07, 6.45) is 7.71. The van der Waals surface area contributed by atoms with Crippen LogP contribution in [0.25, 0.3) is 0 Å². The summed E-state index contributed by atoms with van der Waals surface area (Å²) in [6.45, 7) is 3.10. The summed E-state index contributed by atoms with van der Waals surface area (Å²) in [6, 6.07) is 0.248. The highest BCUT2D eigenvalue weighted by Gasteiger charge is 2.25. The van der Waals surface area contributed by atoms with Gasteiger partial charge in [-0.3, -0.25) is 4.79 Å². The second kappa shape index (κ2) is 7.10. The standard InChI is InChI=1S/C14H27N3O/c15-13-5-1-4-12(13)9-14(18)17-8-6-11-3-2-7-16-10-11/h11-13,16H,1-10,15H2,(H,17,18)/t11?,12-,13+/m0/s1. The number of carbonyl (C=O) groups is 1. The molecule has 0 aromatic carbocycles. The zero-order chi connectivity index (χ0) is 12.8. The summed E-state index contributed by atoms with van der Waals surface area (Å²) in [4.78, 5) is 11.8. The van der Waals surface area contributed by atoms with Crippen LogP contribution < -0.4 is 16.4 Å². The van der Waals surface area contributed by atoms with E-state index < -0.39 is 0 Å². The van der Waals surface area contributed by atoms with Crippen molar-refractivity contribution >= 4 is 5.91 Å². The molecule has 2 fully saturated rings. The van der Waals surface area contributed by atoms with Crippen LogP contribution in [0.15, 0.2) is 0 Å². The fourth-order valence-electron chi connectivity index (χ4n) is 3.22. The molecule has 3 atom stereocenters. The van der Waals surface area contributed by atoms with Crippen molar-refractivity contribution in [1.82, 2.24) is 10.6 Å². The van der Waals surface area contributed by atoms with Crippen LogP contribution in [0, 0.1) is 11.8 Å². The first-order valence-corrected chi connectivity index (χ1v) is 7.48. The van der Waals surface area contributed by atoms with Crippen molar-refractivity contribution in [3.63, 3.8) is 0 Å². The van der Waals surface area contributed by atoms with Crippen molar-refractivity contribution in [1.29, 1.82) is 0 Å². The van der Waals surface area contributed by atoms with E-state index in [0.29, 0.717) is 12.3 Å². The molecule has 1 aliphatic heterocycles. The maximum atomic E-state index is 11.8. The van der Waals surface area contributed by atoms with Crippen LogP contribution >= 0.6 is 0 Å². The number of hydrogen-bond acceptors (Lipinski definition) is 3. The van der Waals surface area contributed by atoms with Gasteiger partial charge < -0.3 is 16.4 Å². The Labute approximate surface area is 110 Å². The van der Waals surface area contributed by atoms with Crippen molar-refractivity contribution in [2.24, 2.45) is 17.6 Å². The van der Waals surface area contributed by atoms with E-state index in [4.69, 9.17) is 5.73 Å². The number of carbonyl (C=O) groups excluding carboxylic acids is 1. The average molecular weight is 253 g/mol. The number of rotatable bonds is 5. The molecule has 0 bridgehead atoms. The minimum absolute atomic E-state index is 0.195. The smallest absolute Gasteiger partial charge is 0.220 e. The lowest BCUT2D eigenvalue weighted by Crippen LogP contribution is -2.35. The normalized spacial score (nSPS) is 32.4. The highest BCUT2D eigenvalue weighted by atomic mass is 16.1. The fraction of sp³-hybridized carbons (Fsp3) is 0.929. The summed E-state index contributed by atoms with van der Waals surface area (Å²) in [7, 11) is 0. The quantitative estimate of drug-likeness (QED) is 0.685. The van der Waals surface area contributed by atoms with E-state index >= 15 is 0 Å². The lowest BCUT2D eigenvalue weighted by atomic mass is 9.96. The number of hydrogen-bond donors (Lipinski definition) is 3. The molecule has 2 aliphatic rings. The Balaban J connectivity index is 1.56. The third-order valence-electron chi connectivity index (χ3n) is 4.44. The summed E-state index contributed by atoms with van der Waals surface area (Å²) < 4.78 is 0. The van der Waals surface area contributed by atoms with Crippen LogP contribution in [-0.4, -0.2) is 31.6 Å². The second-order valence-electron chi connectivity index (χ2n) is 5.91. The van der Waals surface area contributed by atoms with E-state index in [1.165, 1.54) is 19.3 Å². The first-order valence-electron chi connectivity index (χ1n) is 7.48. The summed E-state index contributed by atoms with van der Waals surface area (Å²) >= 11 is 0. The van der Waals surface area contributed by atoms with Crippen molar-refractivity contribution < 1.29 is 4.79 Å². The molecular weight excluding hydrogens is 226 g/mol. The molecule has 1 aliphatic carbocycles. The minimum Gasteiger partial charge on any atom is -0.356 e. The molecule has 104 valence electrons. The van der Waals surface area contributed by atoms with Crippen LogP contribution in [0.5, 0.6) is 0 Å². The Bertz CT molecular complexity index is 264. The van der Waals surface area contributed by atoms with Gasteiger partial charge in [-0.1, -0.05) is 6.42 Å². The largest absolute Gasteiger partial charge is 0.356 e. The van der Waals surface area contributed by atoms with Gasteiger partial charge in [-0.15, -0.1) is 0 Å². The Hall–Kier alpha value is -0.610. The van der Waals surface area contributed by atoms with E-state index in [1.54, 1.807) is 0 Å². The number of amides is 1. The van der Waals surface area contributed by atoms with Crippen LogP contribution in [-0.2, 0) is 4.79 Å². The van der Waals surface area contributed by atoms with Gasteiger partial charge in [-0.05, 0) is 57.0 Å². The van der Waals surface area contributed by atoms with E-state index in [0.717, 1.165) is 44.8 Å². The molecule has 2 rings (SSSR count). The predicted molar refractivity (Wildman–Crippen MR) is 73.2 cm³/mol. The topological polar surface area (TPSA) is 67.2 Å². The summed E-state index contributed by atoms with van der Waals surface area (Å²) in [5, 5.41) is 6.46. The third kappa shape index (κ3) is 4.25. The maximum absolute atomic E-state index is 11.8. The van der Waals surface area contributed by atoms with E-state index in [-0.39, 0.29) is 11.9 Å². The number of piperidine rings is 1. The van der Waals surface area contributed by atoms with Crippen LogP contribution in [0.4, 0.5) is 0 Å². The van der Waals surface area contributed by atoms with Gasteiger partial charge >= 0.3 is 0 Å². The fourth-order valence-corrected chi connectivity index (χ4v) is 3.22. The average Bonchev–Trinajstić information content (AvgIpc) is 2.76. The molecule has 0 radical (unpaired) electrons. The Morgan fingerprint density at radius 2 is 2.17 bits per heavy atom. The van der Waals surface area contributed by atoms with Crippen molar-refractivity contribution in [2.75, 3.05) is 19.6 Å². The van der Waals surface area contributed by atoms with Gasteiger partial charge in [0, 0.05) is 19.0 Å². The highest BCUT2D eigenvalue weighted by molar-refractivity contribution is 5.76. The van der Waals surface area contributed by atoms with E-state index in [2.05, 4.69) is 10.6 Å². The van der Waals surface area contributed by atoms with Gasteiger partial charge in [0.15, 0.2) is 0 Å². The third-order valence-corrected chi connectivity index (χ3v) is 4.44. The molecule has 4 nitrogen and oxygen atoms in total. The van der Waals surface area contributed by atoms with Crippen molar-refractivity contribution in [2.45, 2.75) is 51.0 Å². The zero-order valence-electron chi connectivity index (χ0n) is 11.3. The van der Waals surface area contributed by atoms with Gasteiger partial charge in [0.25, 0.3) is 0 Å². The number of nitrogens with one attached hydrogen (secondary N) is 2. The molecule has 0 aromatic heterocycles. The van der Waals surface area contributed by atoms with Crippen molar-refractivity contribution in [3.05, 3.63) is 0 Å². The van der Waals surface area contributed by atoms with Gasteiger partial charge in [0.2, 0.25) is 5.91 Å². The van der Waals surface area contributed by atoms with Crippen LogP contribution in [0.1, 0.15) is 44.9 Å². The number of nitrogens with two attached hydrogens (primary N) is 1. The molecule has 1 amide bonds. The lowest BCUT2D eigenvalue weighted by Gasteiger charge is -2.22. The molecule has 1 saturated heterocycles. The summed E-state index contributed by atoms with van der Waals surface area (Å²) in [5.41, 5.74) is 5.98. The summed E-state index contributed by atoms with van der Waals surface area (Å²) in [5.74, 6) is 1.36. The minimum atomic E-state index is 0.195.